The Bertz CT molecular complexity index is 695. The molecule has 1 spiro atoms. The smallest absolute Gasteiger partial charge is 0.312 e. The zero-order valence-electron chi connectivity index (χ0n) is 13.2. The van der Waals surface area contributed by atoms with Crippen LogP contribution in [0.25, 0.3) is 0 Å². The number of ether oxygens (including phenoxy) is 2. The van der Waals surface area contributed by atoms with Crippen molar-refractivity contribution in [2.75, 3.05) is 18.6 Å². The van der Waals surface area contributed by atoms with Gasteiger partial charge in [-0.25, -0.2) is 0 Å². The lowest BCUT2D eigenvalue weighted by atomic mass is 9.77. The molecule has 3 aliphatic rings. The fourth-order valence-electron chi connectivity index (χ4n) is 4.03. The minimum absolute atomic E-state index is 0.0588. The lowest BCUT2D eigenvalue weighted by Gasteiger charge is -2.22. The van der Waals surface area contributed by atoms with Gasteiger partial charge < -0.3 is 14.4 Å². The summed E-state index contributed by atoms with van der Waals surface area (Å²) >= 11 is 0. The Hall–Kier alpha value is -2.14. The Morgan fingerprint density at radius 1 is 1.39 bits per heavy atom. The fraction of sp³-hybridized carbons (Fsp3) is 0.444. The number of carbonyl (C=O) groups excluding carboxylic acids is 2. The van der Waals surface area contributed by atoms with Crippen LogP contribution in [0.5, 0.6) is 0 Å². The topological polar surface area (TPSA) is 55.8 Å². The van der Waals surface area contributed by atoms with E-state index < -0.39 is 17.4 Å². The highest BCUT2D eigenvalue weighted by Crippen LogP contribution is 2.52. The molecule has 5 heteroatoms. The summed E-state index contributed by atoms with van der Waals surface area (Å²) in [5.41, 5.74) is 1.38. The molecule has 4 atom stereocenters. The molecule has 1 aromatic rings. The van der Waals surface area contributed by atoms with E-state index >= 15 is 0 Å². The quantitative estimate of drug-likeness (QED) is 0.630. The Labute approximate surface area is 134 Å². The number of anilines is 1. The van der Waals surface area contributed by atoms with Crippen LogP contribution in [0.15, 0.2) is 36.4 Å². The zero-order chi connectivity index (χ0) is 16.2. The molecule has 1 amide bonds. The summed E-state index contributed by atoms with van der Waals surface area (Å²) in [7, 11) is 1.35. The van der Waals surface area contributed by atoms with E-state index in [1.54, 1.807) is 4.90 Å². The van der Waals surface area contributed by atoms with Crippen LogP contribution in [0, 0.1) is 11.8 Å². The number of nitrogens with zero attached hydrogens (tertiary/aromatic N) is 1. The fourth-order valence-corrected chi connectivity index (χ4v) is 4.03. The van der Waals surface area contributed by atoms with E-state index in [9.17, 15) is 9.59 Å². The number of benzene rings is 1. The Balaban J connectivity index is 1.68. The van der Waals surface area contributed by atoms with E-state index in [1.807, 2.05) is 36.4 Å². The molecule has 23 heavy (non-hydrogen) atoms. The predicted molar refractivity (Wildman–Crippen MR) is 83.9 cm³/mol. The summed E-state index contributed by atoms with van der Waals surface area (Å²) in [6, 6.07) is 7.97. The molecule has 2 saturated heterocycles. The first-order chi connectivity index (χ1) is 11.1. The van der Waals surface area contributed by atoms with Crippen LogP contribution in [0.2, 0.25) is 0 Å². The van der Waals surface area contributed by atoms with Crippen LogP contribution in [-0.4, -0.2) is 37.2 Å². The number of esters is 1. The van der Waals surface area contributed by atoms with Crippen LogP contribution < -0.4 is 4.90 Å². The van der Waals surface area contributed by atoms with Crippen LogP contribution in [0.3, 0.4) is 0 Å². The second-order valence-electron chi connectivity index (χ2n) is 6.37. The molecule has 120 valence electrons. The molecule has 1 aromatic carbocycles. The van der Waals surface area contributed by atoms with Gasteiger partial charge in [0.2, 0.25) is 5.91 Å². The van der Waals surface area contributed by atoms with Gasteiger partial charge in [-0.05, 0) is 24.1 Å². The standard InChI is InChI=1S/C18H19NO4/c1-3-11-4-6-12(7-5-11)19-10-18-9-8-13(23-18)14(17(21)22-2)15(18)16(19)20/h4-9,13-15H,3,10H2,1-2H3/t13-,14+,15+,18-/m0/s1. The lowest BCUT2D eigenvalue weighted by Crippen LogP contribution is -2.39. The summed E-state index contributed by atoms with van der Waals surface area (Å²) in [6.45, 7) is 2.54. The van der Waals surface area contributed by atoms with E-state index in [2.05, 4.69) is 6.92 Å². The van der Waals surface area contributed by atoms with Crippen molar-refractivity contribution in [3.63, 3.8) is 0 Å². The largest absolute Gasteiger partial charge is 0.469 e. The van der Waals surface area contributed by atoms with E-state index in [0.717, 1.165) is 12.1 Å². The summed E-state index contributed by atoms with van der Waals surface area (Å²) in [5, 5.41) is 0. The van der Waals surface area contributed by atoms with E-state index in [4.69, 9.17) is 9.47 Å². The minimum Gasteiger partial charge on any atom is -0.469 e. The number of carbonyl (C=O) groups is 2. The first-order valence-electron chi connectivity index (χ1n) is 7.95. The van der Waals surface area contributed by atoms with Crippen molar-refractivity contribution < 1.29 is 19.1 Å². The average Bonchev–Trinajstić information content (AvgIpc) is 3.22. The summed E-state index contributed by atoms with van der Waals surface area (Å²) in [6.07, 6.45) is 4.44. The highest BCUT2D eigenvalue weighted by molar-refractivity contribution is 6.02. The van der Waals surface area contributed by atoms with Crippen LogP contribution in [-0.2, 0) is 25.5 Å². The molecule has 2 fully saturated rings. The van der Waals surface area contributed by atoms with Gasteiger partial charge in [0.25, 0.3) is 0 Å². The molecular weight excluding hydrogens is 294 g/mol. The molecule has 0 saturated carbocycles. The molecule has 4 rings (SSSR count). The summed E-state index contributed by atoms with van der Waals surface area (Å²) in [4.78, 5) is 26.8. The van der Waals surface area contributed by atoms with Crippen molar-refractivity contribution in [3.05, 3.63) is 42.0 Å². The number of amides is 1. The molecule has 0 radical (unpaired) electrons. The van der Waals surface area contributed by atoms with Gasteiger partial charge >= 0.3 is 5.97 Å². The minimum atomic E-state index is -0.690. The van der Waals surface area contributed by atoms with Crippen LogP contribution >= 0.6 is 0 Å². The normalized spacial score (nSPS) is 34.1. The van der Waals surface area contributed by atoms with Crippen molar-refractivity contribution in [1.82, 2.24) is 0 Å². The maximum absolute atomic E-state index is 13.0. The van der Waals surface area contributed by atoms with Crippen LogP contribution in [0.4, 0.5) is 5.69 Å². The second kappa shape index (κ2) is 4.93. The zero-order valence-corrected chi connectivity index (χ0v) is 13.2. The number of fused-ring (bicyclic) bond motifs is 1. The molecule has 0 aromatic heterocycles. The third-order valence-electron chi connectivity index (χ3n) is 5.23. The molecule has 0 unspecified atom stereocenters. The summed E-state index contributed by atoms with van der Waals surface area (Å²) in [5.74, 6) is -1.47. The first-order valence-corrected chi connectivity index (χ1v) is 7.95. The molecule has 3 heterocycles. The van der Waals surface area contributed by atoms with Gasteiger partial charge in [0.15, 0.2) is 0 Å². The van der Waals surface area contributed by atoms with Gasteiger partial charge in [-0.1, -0.05) is 31.2 Å². The van der Waals surface area contributed by atoms with Gasteiger partial charge in [-0.2, -0.15) is 0 Å². The van der Waals surface area contributed by atoms with E-state index in [0.29, 0.717) is 6.54 Å². The highest BCUT2D eigenvalue weighted by Gasteiger charge is 2.67. The number of rotatable bonds is 3. The van der Waals surface area contributed by atoms with Gasteiger partial charge in [0.05, 0.1) is 25.7 Å². The maximum Gasteiger partial charge on any atom is 0.312 e. The first kappa shape index (κ1) is 14.5. The Morgan fingerprint density at radius 3 is 2.78 bits per heavy atom. The molecule has 0 N–H and O–H groups in total. The van der Waals surface area contributed by atoms with Crippen LogP contribution in [0.1, 0.15) is 12.5 Å². The summed E-state index contributed by atoms with van der Waals surface area (Å²) < 4.78 is 10.9. The molecular formula is C18H19NO4. The highest BCUT2D eigenvalue weighted by atomic mass is 16.5. The number of hydrogen-bond donors (Lipinski definition) is 0. The number of hydrogen-bond acceptors (Lipinski definition) is 4. The maximum atomic E-state index is 13.0. The van der Waals surface area contributed by atoms with Crippen molar-refractivity contribution in [2.45, 2.75) is 25.0 Å². The predicted octanol–water partition coefficient (Wildman–Crippen LogP) is 1.71. The third kappa shape index (κ3) is 1.89. The monoisotopic (exact) mass is 313 g/mol. The molecule has 2 bridgehead atoms. The third-order valence-corrected chi connectivity index (χ3v) is 5.23. The van der Waals surface area contributed by atoms with E-state index in [-0.39, 0.29) is 18.0 Å². The molecule has 0 aliphatic carbocycles. The SMILES string of the molecule is CCc1ccc(N2C[C@]34C=C[C@H](O3)[C@@H](C(=O)OC)[C@@H]4C2=O)cc1. The number of aryl methyl sites for hydroxylation is 1. The molecule has 3 aliphatic heterocycles. The van der Waals surface area contributed by atoms with Gasteiger partial charge in [-0.3, -0.25) is 9.59 Å². The van der Waals surface area contributed by atoms with Crippen molar-refractivity contribution in [2.24, 2.45) is 11.8 Å². The average molecular weight is 313 g/mol. The Morgan fingerprint density at radius 2 is 2.13 bits per heavy atom. The van der Waals surface area contributed by atoms with Gasteiger partial charge in [-0.15, -0.1) is 0 Å². The number of methoxy groups -OCH3 is 1. The Kier molecular flexibility index (Phi) is 3.10. The van der Waals surface area contributed by atoms with Crippen molar-refractivity contribution in [3.8, 4) is 0 Å². The second-order valence-corrected chi connectivity index (χ2v) is 6.37. The van der Waals surface area contributed by atoms with Gasteiger partial charge in [0.1, 0.15) is 11.5 Å². The molecule has 5 nitrogen and oxygen atoms in total. The van der Waals surface area contributed by atoms with Crippen molar-refractivity contribution >= 4 is 17.6 Å². The lowest BCUT2D eigenvalue weighted by molar-refractivity contribution is -0.149. The van der Waals surface area contributed by atoms with Crippen molar-refractivity contribution in [1.29, 1.82) is 0 Å². The van der Waals surface area contributed by atoms with Gasteiger partial charge in [0, 0.05) is 5.69 Å². The van der Waals surface area contributed by atoms with E-state index in [1.165, 1.54) is 12.7 Å².